The second-order valence-corrected chi connectivity index (χ2v) is 3.97. The van der Waals surface area contributed by atoms with Gasteiger partial charge in [-0.1, -0.05) is 0 Å². The van der Waals surface area contributed by atoms with Crippen LogP contribution in [0.4, 0.5) is 4.79 Å². The van der Waals surface area contributed by atoms with Gasteiger partial charge in [0, 0.05) is 19.6 Å². The number of nitrogens with zero attached hydrogens (tertiary/aromatic N) is 1. The van der Waals surface area contributed by atoms with Gasteiger partial charge in [-0.15, -0.1) is 0 Å². The molecule has 6 heteroatoms. The molecule has 1 aliphatic rings. The van der Waals surface area contributed by atoms with E-state index in [4.69, 9.17) is 5.11 Å². The number of aliphatic carboxylic acids is 1. The molecule has 6 nitrogen and oxygen atoms in total. The van der Waals surface area contributed by atoms with Crippen LogP contribution in [0.1, 0.15) is 19.3 Å². The molecule has 0 spiro atoms. The van der Waals surface area contributed by atoms with E-state index in [0.29, 0.717) is 0 Å². The standard InChI is InChI=1S/C10H19N3O3/c1-13(8-2-5-11-6-3-8)10(16)12-7-4-9(14)15/h8,11H,2-7H2,1H3,(H,12,16)(H,14,15). The normalized spacial score (nSPS) is 16.8. The molecule has 0 aromatic heterocycles. The number of hydrogen-bond acceptors (Lipinski definition) is 3. The molecular weight excluding hydrogens is 210 g/mol. The van der Waals surface area contributed by atoms with Gasteiger partial charge in [-0.25, -0.2) is 4.79 Å². The van der Waals surface area contributed by atoms with E-state index in [1.54, 1.807) is 11.9 Å². The SMILES string of the molecule is CN(C(=O)NCCC(=O)O)C1CCNCC1. The van der Waals surface area contributed by atoms with Gasteiger partial charge in [0.2, 0.25) is 0 Å². The minimum atomic E-state index is -0.898. The highest BCUT2D eigenvalue weighted by Crippen LogP contribution is 2.09. The monoisotopic (exact) mass is 229 g/mol. The Morgan fingerprint density at radius 1 is 1.44 bits per heavy atom. The van der Waals surface area contributed by atoms with Gasteiger partial charge < -0.3 is 20.6 Å². The van der Waals surface area contributed by atoms with Crippen molar-refractivity contribution in [1.82, 2.24) is 15.5 Å². The van der Waals surface area contributed by atoms with Crippen molar-refractivity contribution in [2.24, 2.45) is 0 Å². The van der Waals surface area contributed by atoms with Gasteiger partial charge in [0.1, 0.15) is 0 Å². The van der Waals surface area contributed by atoms with E-state index >= 15 is 0 Å². The molecule has 2 amide bonds. The lowest BCUT2D eigenvalue weighted by Gasteiger charge is -2.31. The molecule has 1 aliphatic heterocycles. The summed E-state index contributed by atoms with van der Waals surface area (Å²) in [5, 5.41) is 14.3. The number of carboxylic acids is 1. The van der Waals surface area contributed by atoms with E-state index in [1.165, 1.54) is 0 Å². The minimum Gasteiger partial charge on any atom is -0.481 e. The van der Waals surface area contributed by atoms with Gasteiger partial charge in [0.15, 0.2) is 0 Å². The van der Waals surface area contributed by atoms with Crippen LogP contribution in [-0.2, 0) is 4.79 Å². The lowest BCUT2D eigenvalue weighted by atomic mass is 10.1. The third-order valence-corrected chi connectivity index (χ3v) is 2.79. The number of carboxylic acid groups (broad SMARTS) is 1. The van der Waals surface area contributed by atoms with Gasteiger partial charge in [0.05, 0.1) is 6.42 Å². The number of carbonyl (C=O) groups is 2. The Hall–Kier alpha value is -1.30. The predicted molar refractivity (Wildman–Crippen MR) is 59.3 cm³/mol. The summed E-state index contributed by atoms with van der Waals surface area (Å²) >= 11 is 0. The van der Waals surface area contributed by atoms with Crippen LogP contribution in [0.5, 0.6) is 0 Å². The molecule has 0 atom stereocenters. The molecule has 0 saturated carbocycles. The van der Waals surface area contributed by atoms with Crippen LogP contribution >= 0.6 is 0 Å². The second kappa shape index (κ2) is 6.32. The van der Waals surface area contributed by atoms with Crippen LogP contribution < -0.4 is 10.6 Å². The molecule has 3 N–H and O–H groups in total. The van der Waals surface area contributed by atoms with Crippen LogP contribution in [0.3, 0.4) is 0 Å². The van der Waals surface area contributed by atoms with Crippen LogP contribution in [0.15, 0.2) is 0 Å². The summed E-state index contributed by atoms with van der Waals surface area (Å²) in [4.78, 5) is 23.6. The first-order chi connectivity index (χ1) is 7.61. The molecule has 0 aromatic rings. The molecule has 0 aliphatic carbocycles. The van der Waals surface area contributed by atoms with E-state index < -0.39 is 5.97 Å². The molecular formula is C10H19N3O3. The van der Waals surface area contributed by atoms with Crippen molar-refractivity contribution in [3.05, 3.63) is 0 Å². The molecule has 1 rings (SSSR count). The second-order valence-electron chi connectivity index (χ2n) is 3.97. The van der Waals surface area contributed by atoms with Crippen molar-refractivity contribution < 1.29 is 14.7 Å². The number of amides is 2. The molecule has 0 bridgehead atoms. The first-order valence-electron chi connectivity index (χ1n) is 5.54. The van der Waals surface area contributed by atoms with Crippen molar-refractivity contribution in [2.75, 3.05) is 26.7 Å². The number of hydrogen-bond donors (Lipinski definition) is 3. The van der Waals surface area contributed by atoms with Crippen molar-refractivity contribution in [3.8, 4) is 0 Å². The highest BCUT2D eigenvalue weighted by atomic mass is 16.4. The topological polar surface area (TPSA) is 81.7 Å². The Labute approximate surface area is 95.0 Å². The van der Waals surface area contributed by atoms with Crippen LogP contribution in [-0.4, -0.2) is 54.7 Å². The lowest BCUT2D eigenvalue weighted by molar-refractivity contribution is -0.136. The van der Waals surface area contributed by atoms with Crippen molar-refractivity contribution in [2.45, 2.75) is 25.3 Å². The Balaban J connectivity index is 2.26. The summed E-state index contributed by atoms with van der Waals surface area (Å²) in [6.45, 7) is 2.04. The molecule has 0 radical (unpaired) electrons. The van der Waals surface area contributed by atoms with E-state index in [1.807, 2.05) is 0 Å². The number of piperidine rings is 1. The fourth-order valence-corrected chi connectivity index (χ4v) is 1.76. The summed E-state index contributed by atoms with van der Waals surface area (Å²) in [7, 11) is 1.76. The number of carbonyl (C=O) groups excluding carboxylic acids is 1. The maximum absolute atomic E-state index is 11.6. The Bertz CT molecular complexity index is 252. The molecule has 16 heavy (non-hydrogen) atoms. The van der Waals surface area contributed by atoms with Gasteiger partial charge in [0.25, 0.3) is 0 Å². The molecule has 0 unspecified atom stereocenters. The Kier molecular flexibility index (Phi) is 5.04. The van der Waals surface area contributed by atoms with Crippen LogP contribution in [0, 0.1) is 0 Å². The zero-order valence-corrected chi connectivity index (χ0v) is 9.53. The fraction of sp³-hybridized carbons (Fsp3) is 0.800. The van der Waals surface area contributed by atoms with Crippen molar-refractivity contribution in [3.63, 3.8) is 0 Å². The highest BCUT2D eigenvalue weighted by molar-refractivity contribution is 5.75. The maximum Gasteiger partial charge on any atom is 0.317 e. The predicted octanol–water partition coefficient (Wildman–Crippen LogP) is -0.145. The summed E-state index contributed by atoms with van der Waals surface area (Å²) in [6, 6.07) is 0.0687. The smallest absolute Gasteiger partial charge is 0.317 e. The lowest BCUT2D eigenvalue weighted by Crippen LogP contribution is -2.48. The third-order valence-electron chi connectivity index (χ3n) is 2.79. The van der Waals surface area contributed by atoms with E-state index in [0.717, 1.165) is 25.9 Å². The molecule has 92 valence electrons. The average Bonchev–Trinajstić information content (AvgIpc) is 2.28. The van der Waals surface area contributed by atoms with E-state index in [2.05, 4.69) is 10.6 Å². The highest BCUT2D eigenvalue weighted by Gasteiger charge is 2.21. The molecule has 1 fully saturated rings. The third kappa shape index (κ3) is 4.06. The largest absolute Gasteiger partial charge is 0.481 e. The van der Waals surface area contributed by atoms with Gasteiger partial charge in [-0.05, 0) is 25.9 Å². The van der Waals surface area contributed by atoms with Crippen LogP contribution in [0.25, 0.3) is 0 Å². The Morgan fingerprint density at radius 2 is 2.06 bits per heavy atom. The fourth-order valence-electron chi connectivity index (χ4n) is 1.76. The average molecular weight is 229 g/mol. The molecule has 1 saturated heterocycles. The van der Waals surface area contributed by atoms with Gasteiger partial charge >= 0.3 is 12.0 Å². The first kappa shape index (κ1) is 12.8. The number of urea groups is 1. The van der Waals surface area contributed by atoms with Crippen LogP contribution in [0.2, 0.25) is 0 Å². The summed E-state index contributed by atoms with van der Waals surface area (Å²) in [6.07, 6.45) is 1.86. The molecule has 1 heterocycles. The number of nitrogens with one attached hydrogen (secondary N) is 2. The summed E-state index contributed by atoms with van der Waals surface area (Å²) in [5.41, 5.74) is 0. The first-order valence-corrected chi connectivity index (χ1v) is 5.54. The van der Waals surface area contributed by atoms with Crippen molar-refractivity contribution in [1.29, 1.82) is 0 Å². The number of rotatable bonds is 4. The summed E-state index contributed by atoms with van der Waals surface area (Å²) in [5.74, 6) is -0.898. The zero-order valence-electron chi connectivity index (χ0n) is 9.53. The Morgan fingerprint density at radius 3 is 2.62 bits per heavy atom. The summed E-state index contributed by atoms with van der Waals surface area (Å²) < 4.78 is 0. The van der Waals surface area contributed by atoms with Crippen molar-refractivity contribution >= 4 is 12.0 Å². The van der Waals surface area contributed by atoms with Gasteiger partial charge in [-0.2, -0.15) is 0 Å². The molecule has 0 aromatic carbocycles. The quantitative estimate of drug-likeness (QED) is 0.626. The minimum absolute atomic E-state index is 0.0359. The maximum atomic E-state index is 11.6. The van der Waals surface area contributed by atoms with E-state index in [-0.39, 0.29) is 25.0 Å². The van der Waals surface area contributed by atoms with Gasteiger partial charge in [-0.3, -0.25) is 4.79 Å². The van der Waals surface area contributed by atoms with E-state index in [9.17, 15) is 9.59 Å². The zero-order chi connectivity index (χ0) is 12.0.